The van der Waals surface area contributed by atoms with Crippen LogP contribution in [0.4, 0.5) is 10.1 Å². The molecule has 3 aromatic rings. The number of carboxylic acid groups (broad SMARTS) is 2. The molecule has 0 radical (unpaired) electrons. The molecule has 0 unspecified atom stereocenters. The Kier molecular flexibility index (Phi) is 8.71. The standard InChI is InChI=1S/C25H24BrFN2O7S2/c26-21-22(36-13-20(30)31)24(25(32)33)37-23(21)16-2-1-3-19(12-16)28-18-8-10-29(11-9-18)38(34,35)14-15-4-6-17(27)7-5-15/h1-7,12,18,28H,8-11,13-14H2,(H,30,31)(H,32,33). The van der Waals surface area contributed by atoms with Crippen molar-refractivity contribution in [1.82, 2.24) is 4.31 Å². The molecule has 0 aliphatic carbocycles. The van der Waals surface area contributed by atoms with Crippen LogP contribution in [0.1, 0.15) is 28.1 Å². The lowest BCUT2D eigenvalue weighted by atomic mass is 10.1. The zero-order valence-corrected chi connectivity index (χ0v) is 23.1. The van der Waals surface area contributed by atoms with Gasteiger partial charge in [-0.1, -0.05) is 24.3 Å². The Balaban J connectivity index is 1.42. The first-order chi connectivity index (χ1) is 18.0. The second-order valence-corrected chi connectivity index (χ2v) is 12.5. The fourth-order valence-corrected chi connectivity index (χ4v) is 7.58. The molecular weight excluding hydrogens is 603 g/mol. The van der Waals surface area contributed by atoms with E-state index in [9.17, 15) is 27.5 Å². The van der Waals surface area contributed by atoms with Crippen LogP contribution in [0.3, 0.4) is 0 Å². The summed E-state index contributed by atoms with van der Waals surface area (Å²) in [7, 11) is -3.53. The molecule has 0 saturated carbocycles. The fraction of sp³-hybridized carbons (Fsp3) is 0.280. The molecule has 0 atom stereocenters. The van der Waals surface area contributed by atoms with Crippen molar-refractivity contribution in [1.29, 1.82) is 0 Å². The molecule has 1 aliphatic rings. The fourth-order valence-electron chi connectivity index (χ4n) is 4.13. The van der Waals surface area contributed by atoms with Crippen LogP contribution in [0.2, 0.25) is 0 Å². The van der Waals surface area contributed by atoms with Crippen molar-refractivity contribution in [2.24, 2.45) is 0 Å². The molecule has 13 heteroatoms. The summed E-state index contributed by atoms with van der Waals surface area (Å²) in [5.74, 6) is -3.07. The number of aromatic carboxylic acids is 1. The van der Waals surface area contributed by atoms with Gasteiger partial charge in [0, 0.05) is 24.8 Å². The smallest absolute Gasteiger partial charge is 0.349 e. The number of carbonyl (C=O) groups is 2. The zero-order valence-electron chi connectivity index (χ0n) is 19.9. The highest BCUT2D eigenvalue weighted by Gasteiger charge is 2.29. The van der Waals surface area contributed by atoms with Gasteiger partial charge in [-0.25, -0.2) is 26.7 Å². The van der Waals surface area contributed by atoms with Crippen LogP contribution in [0.5, 0.6) is 5.75 Å². The highest BCUT2D eigenvalue weighted by molar-refractivity contribution is 9.10. The summed E-state index contributed by atoms with van der Waals surface area (Å²) in [6, 6.07) is 12.8. The van der Waals surface area contributed by atoms with E-state index >= 15 is 0 Å². The first-order valence-corrected chi connectivity index (χ1v) is 14.7. The molecule has 0 bridgehead atoms. The Labute approximate surface area is 231 Å². The zero-order chi connectivity index (χ0) is 27.4. The minimum Gasteiger partial charge on any atom is -0.479 e. The number of carboxylic acids is 2. The number of hydrogen-bond donors (Lipinski definition) is 3. The molecule has 0 spiro atoms. The molecule has 0 amide bonds. The highest BCUT2D eigenvalue weighted by atomic mass is 79.9. The number of anilines is 1. The second kappa shape index (κ2) is 11.8. The van der Waals surface area contributed by atoms with E-state index in [0.717, 1.165) is 17.0 Å². The van der Waals surface area contributed by atoms with Gasteiger partial charge in [-0.15, -0.1) is 11.3 Å². The van der Waals surface area contributed by atoms with Crippen molar-refractivity contribution in [3.8, 4) is 16.2 Å². The maximum atomic E-state index is 13.1. The number of halogens is 2. The summed E-state index contributed by atoms with van der Waals surface area (Å²) in [5, 5.41) is 21.9. The first-order valence-electron chi connectivity index (χ1n) is 11.5. The van der Waals surface area contributed by atoms with Crippen molar-refractivity contribution in [3.63, 3.8) is 0 Å². The van der Waals surface area contributed by atoms with E-state index in [-0.39, 0.29) is 22.4 Å². The van der Waals surface area contributed by atoms with Gasteiger partial charge in [0.05, 0.1) is 15.1 Å². The second-order valence-electron chi connectivity index (χ2n) is 8.67. The maximum Gasteiger partial charge on any atom is 0.349 e. The number of benzene rings is 2. The Morgan fingerprint density at radius 3 is 2.45 bits per heavy atom. The van der Waals surface area contributed by atoms with Gasteiger partial charge in [-0.2, -0.15) is 0 Å². The van der Waals surface area contributed by atoms with Crippen LogP contribution in [-0.2, 0) is 20.6 Å². The molecule has 4 rings (SSSR count). The van der Waals surface area contributed by atoms with E-state index in [4.69, 9.17) is 9.84 Å². The minimum atomic E-state index is -3.53. The van der Waals surface area contributed by atoms with Gasteiger partial charge in [0.25, 0.3) is 0 Å². The number of nitrogens with one attached hydrogen (secondary N) is 1. The van der Waals surface area contributed by atoms with Crippen LogP contribution in [0.25, 0.3) is 10.4 Å². The van der Waals surface area contributed by atoms with Crippen LogP contribution in [-0.4, -0.2) is 60.6 Å². The summed E-state index contributed by atoms with van der Waals surface area (Å²) in [4.78, 5) is 23.1. The van der Waals surface area contributed by atoms with Crippen molar-refractivity contribution in [2.45, 2.75) is 24.6 Å². The summed E-state index contributed by atoms with van der Waals surface area (Å²) in [6.07, 6.45) is 1.18. The molecule has 2 aromatic carbocycles. The largest absolute Gasteiger partial charge is 0.479 e. The maximum absolute atomic E-state index is 13.1. The Morgan fingerprint density at radius 1 is 1.13 bits per heavy atom. The molecule has 1 aliphatic heterocycles. The van der Waals surface area contributed by atoms with Gasteiger partial charge in [-0.05, 0) is 64.2 Å². The Hall–Kier alpha value is -3.00. The lowest BCUT2D eigenvalue weighted by Crippen LogP contribution is -2.42. The number of thiophene rings is 1. The van der Waals surface area contributed by atoms with E-state index in [1.54, 1.807) is 6.07 Å². The number of nitrogens with zero attached hydrogens (tertiary/aromatic N) is 1. The van der Waals surface area contributed by atoms with E-state index in [1.165, 1.54) is 28.6 Å². The number of hydrogen-bond acceptors (Lipinski definition) is 7. The lowest BCUT2D eigenvalue weighted by Gasteiger charge is -2.32. The van der Waals surface area contributed by atoms with Crippen LogP contribution in [0, 0.1) is 5.82 Å². The molecular formula is C25H24BrFN2O7S2. The third kappa shape index (κ3) is 6.70. The predicted molar refractivity (Wildman–Crippen MR) is 145 cm³/mol. The molecule has 1 saturated heterocycles. The Morgan fingerprint density at radius 2 is 1.82 bits per heavy atom. The van der Waals surface area contributed by atoms with Gasteiger partial charge in [-0.3, -0.25) is 0 Å². The number of aliphatic carboxylic acids is 1. The first kappa shape index (κ1) is 28.0. The van der Waals surface area contributed by atoms with Crippen molar-refractivity contribution < 1.29 is 37.3 Å². The molecule has 1 fully saturated rings. The molecule has 202 valence electrons. The average molecular weight is 628 g/mol. The number of rotatable bonds is 10. The van der Waals surface area contributed by atoms with Crippen LogP contribution in [0.15, 0.2) is 53.0 Å². The van der Waals surface area contributed by atoms with E-state index in [0.29, 0.717) is 46.4 Å². The summed E-state index contributed by atoms with van der Waals surface area (Å²) >= 11 is 4.33. The monoisotopic (exact) mass is 626 g/mol. The van der Waals surface area contributed by atoms with Crippen molar-refractivity contribution in [3.05, 3.63) is 69.3 Å². The van der Waals surface area contributed by atoms with Gasteiger partial charge in [0.1, 0.15) is 5.82 Å². The van der Waals surface area contributed by atoms with Crippen molar-refractivity contribution >= 4 is 54.9 Å². The van der Waals surface area contributed by atoms with Gasteiger partial charge >= 0.3 is 11.9 Å². The molecule has 1 aromatic heterocycles. The van der Waals surface area contributed by atoms with Crippen molar-refractivity contribution in [2.75, 3.05) is 25.0 Å². The molecule has 38 heavy (non-hydrogen) atoms. The van der Waals surface area contributed by atoms with E-state index in [2.05, 4.69) is 21.2 Å². The average Bonchev–Trinajstić information content (AvgIpc) is 3.21. The summed E-state index contributed by atoms with van der Waals surface area (Å²) in [5.41, 5.74) is 2.02. The quantitative estimate of drug-likeness (QED) is 0.290. The summed E-state index contributed by atoms with van der Waals surface area (Å²) in [6.45, 7) is 0.0299. The molecule has 2 heterocycles. The topological polar surface area (TPSA) is 133 Å². The predicted octanol–water partition coefficient (Wildman–Crippen LogP) is 4.88. The van der Waals surface area contributed by atoms with Gasteiger partial charge in [0.15, 0.2) is 17.2 Å². The van der Waals surface area contributed by atoms with E-state index in [1.807, 2.05) is 18.2 Å². The minimum absolute atomic E-state index is 0.0262. The van der Waals surface area contributed by atoms with Crippen LogP contribution >= 0.6 is 27.3 Å². The SMILES string of the molecule is O=C(O)COc1c(C(=O)O)sc(-c2cccc(NC3CCN(S(=O)(=O)Cc4ccc(F)cc4)CC3)c2)c1Br. The molecule has 3 N–H and O–H groups in total. The van der Waals surface area contributed by atoms with Crippen LogP contribution < -0.4 is 10.1 Å². The van der Waals surface area contributed by atoms with Gasteiger partial charge < -0.3 is 20.3 Å². The van der Waals surface area contributed by atoms with E-state index < -0.39 is 34.4 Å². The third-order valence-electron chi connectivity index (χ3n) is 5.95. The Bertz CT molecular complexity index is 1440. The third-order valence-corrected chi connectivity index (χ3v) is 10.0. The molecule has 9 nitrogen and oxygen atoms in total. The normalized spacial score (nSPS) is 14.8. The number of ether oxygens (including phenoxy) is 1. The highest BCUT2D eigenvalue weighted by Crippen LogP contribution is 2.46. The number of sulfonamides is 1. The summed E-state index contributed by atoms with van der Waals surface area (Å²) < 4.78 is 45.8. The van der Waals surface area contributed by atoms with Gasteiger partial charge in [0.2, 0.25) is 10.0 Å². The number of piperidine rings is 1. The lowest BCUT2D eigenvalue weighted by molar-refractivity contribution is -0.139.